The molecule has 0 amide bonds. The standard InChI is InChI=1S/C15H18ClN/c16-10-4-11-17-12-9-14-7-3-6-13-5-1-2-8-15(13)14/h1-3,5-8,17H,4,9-12H2. The summed E-state index contributed by atoms with van der Waals surface area (Å²) >= 11 is 5.64. The van der Waals surface area contributed by atoms with Crippen molar-refractivity contribution in [3.63, 3.8) is 0 Å². The van der Waals surface area contributed by atoms with Crippen LogP contribution in [-0.4, -0.2) is 19.0 Å². The van der Waals surface area contributed by atoms with E-state index in [-0.39, 0.29) is 0 Å². The molecule has 0 fully saturated rings. The highest BCUT2D eigenvalue weighted by Gasteiger charge is 1.99. The maximum atomic E-state index is 5.64. The Hall–Kier alpha value is -1.05. The third-order valence-corrected chi connectivity index (χ3v) is 3.21. The predicted molar refractivity (Wildman–Crippen MR) is 75.9 cm³/mol. The second-order valence-electron chi connectivity index (χ2n) is 4.18. The van der Waals surface area contributed by atoms with Gasteiger partial charge in [-0.3, -0.25) is 0 Å². The van der Waals surface area contributed by atoms with Gasteiger partial charge >= 0.3 is 0 Å². The molecular weight excluding hydrogens is 230 g/mol. The maximum absolute atomic E-state index is 5.64. The van der Waals surface area contributed by atoms with Crippen molar-refractivity contribution < 1.29 is 0 Å². The van der Waals surface area contributed by atoms with E-state index in [0.29, 0.717) is 0 Å². The van der Waals surface area contributed by atoms with Gasteiger partial charge in [0.05, 0.1) is 0 Å². The first kappa shape index (κ1) is 12.4. The molecule has 0 bridgehead atoms. The molecule has 17 heavy (non-hydrogen) atoms. The molecule has 2 aromatic carbocycles. The van der Waals surface area contributed by atoms with Gasteiger partial charge in [-0.1, -0.05) is 42.5 Å². The number of rotatable bonds is 6. The molecule has 2 heteroatoms. The van der Waals surface area contributed by atoms with Crippen LogP contribution >= 0.6 is 11.6 Å². The second kappa shape index (κ2) is 6.63. The molecule has 2 rings (SSSR count). The fraction of sp³-hybridized carbons (Fsp3) is 0.333. The van der Waals surface area contributed by atoms with E-state index >= 15 is 0 Å². The molecule has 0 aliphatic heterocycles. The molecule has 1 N–H and O–H groups in total. The Morgan fingerprint density at radius 1 is 0.941 bits per heavy atom. The minimum Gasteiger partial charge on any atom is -0.316 e. The van der Waals surface area contributed by atoms with Gasteiger partial charge in [0, 0.05) is 5.88 Å². The van der Waals surface area contributed by atoms with E-state index in [9.17, 15) is 0 Å². The van der Waals surface area contributed by atoms with Crippen molar-refractivity contribution >= 4 is 22.4 Å². The summed E-state index contributed by atoms with van der Waals surface area (Å²) in [6.07, 6.45) is 2.11. The summed E-state index contributed by atoms with van der Waals surface area (Å²) in [5.41, 5.74) is 1.42. The van der Waals surface area contributed by atoms with Crippen molar-refractivity contribution in [2.75, 3.05) is 19.0 Å². The Morgan fingerprint density at radius 2 is 1.76 bits per heavy atom. The van der Waals surface area contributed by atoms with Crippen LogP contribution < -0.4 is 5.32 Å². The van der Waals surface area contributed by atoms with E-state index in [1.165, 1.54) is 16.3 Å². The van der Waals surface area contributed by atoms with Crippen LogP contribution in [-0.2, 0) is 6.42 Å². The molecule has 0 spiro atoms. The summed E-state index contributed by atoms with van der Waals surface area (Å²) in [4.78, 5) is 0. The lowest BCUT2D eigenvalue weighted by Gasteiger charge is -2.07. The van der Waals surface area contributed by atoms with Gasteiger partial charge in [0.25, 0.3) is 0 Å². The minimum absolute atomic E-state index is 0.737. The number of hydrogen-bond acceptors (Lipinski definition) is 1. The Bertz CT molecular complexity index is 462. The topological polar surface area (TPSA) is 12.0 Å². The molecule has 0 aliphatic rings. The van der Waals surface area contributed by atoms with Crippen LogP contribution in [0.1, 0.15) is 12.0 Å². The zero-order valence-electron chi connectivity index (χ0n) is 9.95. The van der Waals surface area contributed by atoms with E-state index in [1.54, 1.807) is 0 Å². The van der Waals surface area contributed by atoms with Gasteiger partial charge in [0.2, 0.25) is 0 Å². The van der Waals surface area contributed by atoms with Gasteiger partial charge in [0.15, 0.2) is 0 Å². The summed E-state index contributed by atoms with van der Waals surface area (Å²) < 4.78 is 0. The summed E-state index contributed by atoms with van der Waals surface area (Å²) in [5.74, 6) is 0.737. The molecule has 0 saturated heterocycles. The van der Waals surface area contributed by atoms with Crippen molar-refractivity contribution in [1.29, 1.82) is 0 Å². The van der Waals surface area contributed by atoms with Crippen LogP contribution in [0.4, 0.5) is 0 Å². The summed E-state index contributed by atoms with van der Waals surface area (Å²) in [5, 5.41) is 6.11. The Balaban J connectivity index is 1.98. The largest absolute Gasteiger partial charge is 0.316 e. The van der Waals surface area contributed by atoms with E-state index in [1.807, 2.05) is 0 Å². The van der Waals surface area contributed by atoms with Crippen molar-refractivity contribution in [3.05, 3.63) is 48.0 Å². The normalized spacial score (nSPS) is 10.9. The Kier molecular flexibility index (Phi) is 4.84. The smallest absolute Gasteiger partial charge is 0.0235 e. The first-order valence-corrected chi connectivity index (χ1v) is 6.68. The highest BCUT2D eigenvalue weighted by molar-refractivity contribution is 6.17. The van der Waals surface area contributed by atoms with Crippen LogP contribution in [0.3, 0.4) is 0 Å². The summed E-state index contributed by atoms with van der Waals surface area (Å²) in [6, 6.07) is 15.1. The average Bonchev–Trinajstić information content (AvgIpc) is 2.39. The number of hydrogen-bond donors (Lipinski definition) is 1. The van der Waals surface area contributed by atoms with E-state index < -0.39 is 0 Å². The number of nitrogens with one attached hydrogen (secondary N) is 1. The molecule has 0 atom stereocenters. The second-order valence-corrected chi connectivity index (χ2v) is 4.56. The van der Waals surface area contributed by atoms with Gasteiger partial charge in [0.1, 0.15) is 0 Å². The van der Waals surface area contributed by atoms with Crippen molar-refractivity contribution in [2.45, 2.75) is 12.8 Å². The van der Waals surface area contributed by atoms with Crippen LogP contribution in [0.2, 0.25) is 0 Å². The molecule has 0 radical (unpaired) electrons. The molecule has 0 saturated carbocycles. The fourth-order valence-electron chi connectivity index (χ4n) is 2.05. The predicted octanol–water partition coefficient (Wildman–Crippen LogP) is 3.60. The minimum atomic E-state index is 0.737. The highest BCUT2D eigenvalue weighted by atomic mass is 35.5. The first-order chi connectivity index (χ1) is 8.42. The molecule has 0 heterocycles. The van der Waals surface area contributed by atoms with Crippen molar-refractivity contribution in [1.82, 2.24) is 5.32 Å². The lowest BCUT2D eigenvalue weighted by molar-refractivity contribution is 0.674. The number of halogens is 1. The molecular formula is C15H18ClN. The molecule has 0 unspecified atom stereocenters. The molecule has 90 valence electrons. The summed E-state index contributed by atoms with van der Waals surface area (Å²) in [6.45, 7) is 2.03. The third kappa shape index (κ3) is 3.45. The molecule has 0 aliphatic carbocycles. The number of benzene rings is 2. The lowest BCUT2D eigenvalue weighted by atomic mass is 10.0. The summed E-state index contributed by atoms with van der Waals surface area (Å²) in [7, 11) is 0. The van der Waals surface area contributed by atoms with Crippen LogP contribution in [0, 0.1) is 0 Å². The molecule has 2 aromatic rings. The van der Waals surface area contributed by atoms with E-state index in [0.717, 1.165) is 31.8 Å². The van der Waals surface area contributed by atoms with Crippen LogP contribution in [0.5, 0.6) is 0 Å². The zero-order chi connectivity index (χ0) is 11.9. The first-order valence-electron chi connectivity index (χ1n) is 6.15. The highest BCUT2D eigenvalue weighted by Crippen LogP contribution is 2.18. The Morgan fingerprint density at radius 3 is 2.65 bits per heavy atom. The average molecular weight is 248 g/mol. The van der Waals surface area contributed by atoms with Gasteiger partial charge in [-0.25, -0.2) is 0 Å². The molecule has 0 aromatic heterocycles. The van der Waals surface area contributed by atoms with Crippen LogP contribution in [0.25, 0.3) is 10.8 Å². The van der Waals surface area contributed by atoms with Gasteiger partial charge < -0.3 is 5.32 Å². The zero-order valence-corrected chi connectivity index (χ0v) is 10.7. The van der Waals surface area contributed by atoms with Crippen molar-refractivity contribution in [3.8, 4) is 0 Å². The lowest BCUT2D eigenvalue weighted by Crippen LogP contribution is -2.18. The van der Waals surface area contributed by atoms with Gasteiger partial charge in [-0.05, 0) is 42.3 Å². The van der Waals surface area contributed by atoms with Crippen LogP contribution in [0.15, 0.2) is 42.5 Å². The van der Waals surface area contributed by atoms with Crippen molar-refractivity contribution in [2.24, 2.45) is 0 Å². The maximum Gasteiger partial charge on any atom is 0.0235 e. The van der Waals surface area contributed by atoms with E-state index in [2.05, 4.69) is 47.8 Å². The van der Waals surface area contributed by atoms with Gasteiger partial charge in [-0.15, -0.1) is 11.6 Å². The molecule has 1 nitrogen and oxygen atoms in total. The quantitative estimate of drug-likeness (QED) is 0.608. The SMILES string of the molecule is ClCCCNCCc1cccc2ccccc12. The number of alkyl halides is 1. The van der Waals surface area contributed by atoms with E-state index in [4.69, 9.17) is 11.6 Å². The van der Waals surface area contributed by atoms with Gasteiger partial charge in [-0.2, -0.15) is 0 Å². The number of fused-ring (bicyclic) bond motifs is 1. The monoisotopic (exact) mass is 247 g/mol. The Labute approximate surface area is 108 Å². The third-order valence-electron chi connectivity index (χ3n) is 2.94. The fourth-order valence-corrected chi connectivity index (χ4v) is 2.18.